The average molecular weight is 210 g/mol. The standard InChI is InChI=1S/C4H6O2.C3H9O3P/c1-3(5)4(2)6;1-4-7(5-2)6-3/h1-2H3;1-3H3. The van der Waals surface area contributed by atoms with Crippen LogP contribution in [0.4, 0.5) is 0 Å². The lowest BCUT2D eigenvalue weighted by atomic mass is 10.3. The van der Waals surface area contributed by atoms with Gasteiger partial charge in [-0.1, -0.05) is 0 Å². The Kier molecular flexibility index (Phi) is 11.3. The zero-order chi connectivity index (χ0) is 10.9. The van der Waals surface area contributed by atoms with Crippen LogP contribution in [0.3, 0.4) is 0 Å². The van der Waals surface area contributed by atoms with Crippen molar-refractivity contribution in [2.75, 3.05) is 21.3 Å². The fraction of sp³-hybridized carbons (Fsp3) is 0.714. The lowest BCUT2D eigenvalue weighted by Crippen LogP contribution is -2.01. The highest BCUT2D eigenvalue weighted by Crippen LogP contribution is 2.35. The van der Waals surface area contributed by atoms with Crippen molar-refractivity contribution in [1.82, 2.24) is 0 Å². The third kappa shape index (κ3) is 11.7. The molecule has 0 aliphatic heterocycles. The van der Waals surface area contributed by atoms with E-state index in [-0.39, 0.29) is 11.6 Å². The Balaban J connectivity index is 0. The summed E-state index contributed by atoms with van der Waals surface area (Å²) in [6, 6.07) is 0. The van der Waals surface area contributed by atoms with Gasteiger partial charge in [-0.25, -0.2) is 0 Å². The van der Waals surface area contributed by atoms with Crippen LogP contribution in [-0.2, 0) is 23.2 Å². The molecule has 0 saturated heterocycles. The van der Waals surface area contributed by atoms with E-state index in [1.165, 1.54) is 13.8 Å². The van der Waals surface area contributed by atoms with E-state index in [1.54, 1.807) is 21.3 Å². The van der Waals surface area contributed by atoms with Crippen molar-refractivity contribution in [1.29, 1.82) is 0 Å². The van der Waals surface area contributed by atoms with Crippen molar-refractivity contribution in [3.05, 3.63) is 0 Å². The van der Waals surface area contributed by atoms with Crippen LogP contribution in [0.1, 0.15) is 13.8 Å². The zero-order valence-electron chi connectivity index (χ0n) is 8.49. The second-order valence-electron chi connectivity index (χ2n) is 1.88. The van der Waals surface area contributed by atoms with Crippen molar-refractivity contribution in [3.8, 4) is 0 Å². The first-order chi connectivity index (χ1) is 5.99. The smallest absolute Gasteiger partial charge is 0.316 e. The summed E-state index contributed by atoms with van der Waals surface area (Å²) in [5.41, 5.74) is 0. The number of ketones is 2. The molecule has 0 spiro atoms. The topological polar surface area (TPSA) is 61.8 Å². The third-order valence-corrected chi connectivity index (χ3v) is 1.84. The van der Waals surface area contributed by atoms with Crippen LogP contribution in [0.2, 0.25) is 0 Å². The van der Waals surface area contributed by atoms with Gasteiger partial charge in [-0.05, 0) is 0 Å². The highest BCUT2D eigenvalue weighted by molar-refractivity contribution is 7.41. The lowest BCUT2D eigenvalue weighted by Gasteiger charge is -2.05. The highest BCUT2D eigenvalue weighted by atomic mass is 31.2. The molecule has 0 bridgehead atoms. The number of hydrogen-bond donors (Lipinski definition) is 0. The second-order valence-corrected chi connectivity index (χ2v) is 3.43. The molecule has 6 heteroatoms. The normalized spacial score (nSPS) is 9.08. The van der Waals surface area contributed by atoms with Gasteiger partial charge >= 0.3 is 8.60 Å². The van der Waals surface area contributed by atoms with Crippen molar-refractivity contribution in [2.45, 2.75) is 13.8 Å². The molecular formula is C7H15O5P. The Bertz CT molecular complexity index is 137. The Morgan fingerprint density at radius 2 is 1.08 bits per heavy atom. The van der Waals surface area contributed by atoms with Crippen LogP contribution >= 0.6 is 8.60 Å². The van der Waals surface area contributed by atoms with E-state index in [2.05, 4.69) is 13.6 Å². The van der Waals surface area contributed by atoms with Gasteiger partial charge in [0.25, 0.3) is 0 Å². The molecule has 0 fully saturated rings. The minimum absolute atomic E-state index is 0.380. The van der Waals surface area contributed by atoms with Gasteiger partial charge in [0.15, 0.2) is 11.6 Å². The quantitative estimate of drug-likeness (QED) is 0.517. The van der Waals surface area contributed by atoms with E-state index >= 15 is 0 Å². The fourth-order valence-electron chi connectivity index (χ4n) is 0.224. The number of carbonyl (C=O) groups excluding carboxylic acids is 2. The summed E-state index contributed by atoms with van der Waals surface area (Å²) >= 11 is 0. The van der Waals surface area contributed by atoms with Crippen molar-refractivity contribution < 1.29 is 23.2 Å². The van der Waals surface area contributed by atoms with Crippen LogP contribution < -0.4 is 0 Å². The molecule has 0 aromatic carbocycles. The molecule has 5 nitrogen and oxygen atoms in total. The molecule has 0 atom stereocenters. The van der Waals surface area contributed by atoms with E-state index < -0.39 is 8.60 Å². The number of Topliss-reactive ketones (excluding diaryl/α,β-unsaturated/α-hetero) is 2. The van der Waals surface area contributed by atoms with Gasteiger partial charge in [-0.2, -0.15) is 0 Å². The summed E-state index contributed by atoms with van der Waals surface area (Å²) in [6.45, 7) is 2.50. The van der Waals surface area contributed by atoms with E-state index in [4.69, 9.17) is 0 Å². The van der Waals surface area contributed by atoms with Crippen molar-refractivity contribution in [2.24, 2.45) is 0 Å². The zero-order valence-corrected chi connectivity index (χ0v) is 9.38. The maximum atomic E-state index is 9.79. The van der Waals surface area contributed by atoms with Crippen LogP contribution in [0.25, 0.3) is 0 Å². The van der Waals surface area contributed by atoms with Gasteiger partial charge in [-0.15, -0.1) is 0 Å². The Labute approximate surface area is 79.4 Å². The van der Waals surface area contributed by atoms with Crippen LogP contribution in [0.15, 0.2) is 0 Å². The molecule has 0 aromatic heterocycles. The first-order valence-electron chi connectivity index (χ1n) is 3.43. The first kappa shape index (κ1) is 15.1. The molecular weight excluding hydrogens is 195 g/mol. The summed E-state index contributed by atoms with van der Waals surface area (Å²) in [7, 11) is 3.57. The summed E-state index contributed by atoms with van der Waals surface area (Å²) in [6.07, 6.45) is 0. The lowest BCUT2D eigenvalue weighted by molar-refractivity contribution is -0.134. The minimum atomic E-state index is -1.05. The highest BCUT2D eigenvalue weighted by Gasteiger charge is 2.00. The Hall–Kier alpha value is -0.350. The SMILES string of the molecule is CC(=O)C(C)=O.COP(OC)OC. The largest absolute Gasteiger partial charge is 0.331 e. The number of hydrogen-bond acceptors (Lipinski definition) is 5. The summed E-state index contributed by atoms with van der Waals surface area (Å²) in [5, 5.41) is 0. The molecule has 0 aromatic rings. The maximum Gasteiger partial charge on any atom is 0.331 e. The third-order valence-electron chi connectivity index (χ3n) is 0.943. The van der Waals surface area contributed by atoms with Crippen molar-refractivity contribution in [3.63, 3.8) is 0 Å². The monoisotopic (exact) mass is 210 g/mol. The van der Waals surface area contributed by atoms with Crippen molar-refractivity contribution >= 4 is 20.2 Å². The molecule has 0 rings (SSSR count). The Morgan fingerprint density at radius 3 is 1.08 bits per heavy atom. The Morgan fingerprint density at radius 1 is 0.846 bits per heavy atom. The molecule has 0 amide bonds. The number of carbonyl (C=O) groups is 2. The van der Waals surface area contributed by atoms with Crippen LogP contribution in [0.5, 0.6) is 0 Å². The number of rotatable bonds is 4. The molecule has 0 N–H and O–H groups in total. The molecule has 0 radical (unpaired) electrons. The molecule has 78 valence electrons. The predicted octanol–water partition coefficient (Wildman–Crippen LogP) is 1.32. The van der Waals surface area contributed by atoms with Gasteiger partial charge in [0.2, 0.25) is 0 Å². The maximum absolute atomic E-state index is 9.79. The summed E-state index contributed by atoms with van der Waals surface area (Å²) in [5.74, 6) is -0.759. The van der Waals surface area contributed by atoms with Gasteiger partial charge in [0.05, 0.1) is 0 Å². The summed E-state index contributed by atoms with van der Waals surface area (Å²) < 4.78 is 14.0. The molecule has 0 aliphatic carbocycles. The van der Waals surface area contributed by atoms with Gasteiger partial charge in [-0.3, -0.25) is 9.59 Å². The van der Waals surface area contributed by atoms with Gasteiger partial charge in [0, 0.05) is 35.2 Å². The van der Waals surface area contributed by atoms with E-state index in [9.17, 15) is 9.59 Å². The first-order valence-corrected chi connectivity index (χ1v) is 4.53. The average Bonchev–Trinajstić information content (AvgIpc) is 2.08. The minimum Gasteiger partial charge on any atom is -0.316 e. The second kappa shape index (κ2) is 9.74. The van der Waals surface area contributed by atoms with E-state index in [0.717, 1.165) is 0 Å². The van der Waals surface area contributed by atoms with E-state index in [1.807, 2.05) is 0 Å². The van der Waals surface area contributed by atoms with E-state index in [0.29, 0.717) is 0 Å². The molecule has 0 aliphatic rings. The molecule has 0 unspecified atom stereocenters. The van der Waals surface area contributed by atoms with Crippen LogP contribution in [-0.4, -0.2) is 32.9 Å². The fourth-order valence-corrected chi connectivity index (χ4v) is 0.671. The molecule has 0 saturated carbocycles. The predicted molar refractivity (Wildman–Crippen MR) is 49.3 cm³/mol. The van der Waals surface area contributed by atoms with Crippen LogP contribution in [0, 0.1) is 0 Å². The summed E-state index contributed by atoms with van der Waals surface area (Å²) in [4.78, 5) is 19.6. The van der Waals surface area contributed by atoms with Gasteiger partial charge < -0.3 is 13.6 Å². The van der Waals surface area contributed by atoms with Gasteiger partial charge in [0.1, 0.15) is 0 Å². The molecule has 0 heterocycles. The molecule has 13 heavy (non-hydrogen) atoms.